The van der Waals surface area contributed by atoms with Crippen LogP contribution in [0, 0.1) is 0 Å². The van der Waals surface area contributed by atoms with Crippen molar-refractivity contribution in [1.29, 1.82) is 0 Å². The first-order chi connectivity index (χ1) is 8.36. The van der Waals surface area contributed by atoms with Gasteiger partial charge in [-0.2, -0.15) is 0 Å². The molecule has 0 heterocycles. The number of hydrogen-bond donors (Lipinski definition) is 1. The van der Waals surface area contributed by atoms with E-state index in [2.05, 4.69) is 54.6 Å². The van der Waals surface area contributed by atoms with E-state index in [1.54, 1.807) is 0 Å². The van der Waals surface area contributed by atoms with Gasteiger partial charge >= 0.3 is 0 Å². The maximum absolute atomic E-state index is 6.19. The van der Waals surface area contributed by atoms with Crippen molar-refractivity contribution in [1.82, 2.24) is 0 Å². The summed E-state index contributed by atoms with van der Waals surface area (Å²) in [7, 11) is 0. The number of fused-ring (bicyclic) bond motifs is 1. The molecule has 2 aromatic rings. The van der Waals surface area contributed by atoms with Gasteiger partial charge < -0.3 is 5.73 Å². The molecule has 0 bridgehead atoms. The molecule has 0 aliphatic heterocycles. The second-order valence-corrected chi connectivity index (χ2v) is 4.78. The lowest BCUT2D eigenvalue weighted by Gasteiger charge is -2.29. The lowest BCUT2D eigenvalue weighted by molar-refractivity contribution is 0.530. The summed E-state index contributed by atoms with van der Waals surface area (Å²) in [6, 6.07) is 19.6. The van der Waals surface area contributed by atoms with Crippen LogP contribution in [-0.4, -0.2) is 0 Å². The molecule has 0 aromatic heterocycles. The Kier molecular flexibility index (Phi) is 4.05. The minimum Gasteiger partial charge on any atom is -0.324 e. The molecule has 18 heavy (non-hydrogen) atoms. The molecule has 1 aliphatic carbocycles. The molecular weight excluding hydrogens is 242 g/mol. The van der Waals surface area contributed by atoms with E-state index < -0.39 is 0 Å². The van der Waals surface area contributed by atoms with Gasteiger partial charge in [0.1, 0.15) is 0 Å². The normalized spacial score (nSPS) is 21.8. The van der Waals surface area contributed by atoms with Crippen molar-refractivity contribution >= 4 is 12.4 Å². The van der Waals surface area contributed by atoms with Crippen molar-refractivity contribution in [3.05, 3.63) is 71.3 Å². The van der Waals surface area contributed by atoms with Gasteiger partial charge in [0.15, 0.2) is 0 Å². The molecule has 1 aliphatic rings. The molecule has 2 atom stereocenters. The van der Waals surface area contributed by atoms with Crippen LogP contribution in [0.3, 0.4) is 0 Å². The van der Waals surface area contributed by atoms with Crippen LogP contribution in [-0.2, 0) is 0 Å². The molecule has 2 N–H and O–H groups in total. The summed E-state index contributed by atoms with van der Waals surface area (Å²) in [6.07, 6.45) is 2.23. The molecule has 3 rings (SSSR count). The second kappa shape index (κ2) is 5.55. The van der Waals surface area contributed by atoms with Crippen LogP contribution >= 0.6 is 12.4 Å². The number of hydrogen-bond acceptors (Lipinski definition) is 1. The first-order valence-electron chi connectivity index (χ1n) is 6.25. The van der Waals surface area contributed by atoms with Crippen molar-refractivity contribution in [3.8, 4) is 0 Å². The topological polar surface area (TPSA) is 26.0 Å². The monoisotopic (exact) mass is 259 g/mol. The largest absolute Gasteiger partial charge is 0.324 e. The average molecular weight is 260 g/mol. The zero-order valence-electron chi connectivity index (χ0n) is 10.3. The Hall–Kier alpha value is -1.31. The van der Waals surface area contributed by atoms with Gasteiger partial charge in [-0.3, -0.25) is 0 Å². The molecule has 0 unspecified atom stereocenters. The maximum atomic E-state index is 6.19. The molecule has 2 aromatic carbocycles. The van der Waals surface area contributed by atoms with Crippen LogP contribution in [0.25, 0.3) is 0 Å². The second-order valence-electron chi connectivity index (χ2n) is 4.78. The average Bonchev–Trinajstić information content (AvgIpc) is 2.41. The first kappa shape index (κ1) is 13.1. The van der Waals surface area contributed by atoms with Crippen molar-refractivity contribution in [2.45, 2.75) is 24.8 Å². The van der Waals surface area contributed by atoms with Crippen molar-refractivity contribution in [2.24, 2.45) is 5.73 Å². The predicted octanol–water partition coefficient (Wildman–Crippen LogP) is 4.03. The minimum absolute atomic E-state index is 0. The standard InChI is InChI=1S/C16H17N.ClH/c17-16-11-10-13(12-6-2-1-3-7-12)14-8-4-5-9-15(14)16;/h1-9,13,16H,10-11,17H2;1H/t13-,16+;/m0./s1. The molecule has 94 valence electrons. The Balaban J connectivity index is 0.00000120. The van der Waals surface area contributed by atoms with Gasteiger partial charge in [-0.15, -0.1) is 12.4 Å². The van der Waals surface area contributed by atoms with Crippen LogP contribution in [0.15, 0.2) is 54.6 Å². The Labute approximate surface area is 114 Å². The zero-order chi connectivity index (χ0) is 11.7. The molecule has 0 saturated heterocycles. The predicted molar refractivity (Wildman–Crippen MR) is 78.1 cm³/mol. The number of halogens is 1. The Morgan fingerprint density at radius 1 is 0.778 bits per heavy atom. The van der Waals surface area contributed by atoms with E-state index in [4.69, 9.17) is 5.73 Å². The molecule has 0 spiro atoms. The zero-order valence-corrected chi connectivity index (χ0v) is 11.1. The van der Waals surface area contributed by atoms with Crippen LogP contribution in [0.4, 0.5) is 0 Å². The lowest BCUT2D eigenvalue weighted by atomic mass is 9.77. The van der Waals surface area contributed by atoms with Crippen molar-refractivity contribution in [3.63, 3.8) is 0 Å². The van der Waals surface area contributed by atoms with Crippen LogP contribution < -0.4 is 5.73 Å². The molecule has 0 saturated carbocycles. The third kappa shape index (κ3) is 2.29. The summed E-state index contributed by atoms with van der Waals surface area (Å²) >= 11 is 0. The van der Waals surface area contributed by atoms with Crippen LogP contribution in [0.5, 0.6) is 0 Å². The van der Waals surface area contributed by atoms with Gasteiger partial charge in [-0.05, 0) is 29.5 Å². The van der Waals surface area contributed by atoms with Crippen molar-refractivity contribution in [2.75, 3.05) is 0 Å². The van der Waals surface area contributed by atoms with Gasteiger partial charge in [0.05, 0.1) is 0 Å². The minimum atomic E-state index is 0. The molecule has 2 heteroatoms. The first-order valence-corrected chi connectivity index (χ1v) is 6.25. The molecule has 1 nitrogen and oxygen atoms in total. The Bertz CT molecular complexity index is 510. The number of rotatable bonds is 1. The highest BCUT2D eigenvalue weighted by atomic mass is 35.5. The highest BCUT2D eigenvalue weighted by Gasteiger charge is 2.25. The van der Waals surface area contributed by atoms with Gasteiger partial charge in [0.2, 0.25) is 0 Å². The van der Waals surface area contributed by atoms with Gasteiger partial charge in [0.25, 0.3) is 0 Å². The third-order valence-electron chi connectivity index (χ3n) is 3.74. The smallest absolute Gasteiger partial charge is 0.0298 e. The summed E-state index contributed by atoms with van der Waals surface area (Å²) in [4.78, 5) is 0. The fourth-order valence-corrected chi connectivity index (χ4v) is 2.85. The Morgan fingerprint density at radius 2 is 1.39 bits per heavy atom. The third-order valence-corrected chi connectivity index (χ3v) is 3.74. The molecular formula is C16H18ClN. The molecule has 0 radical (unpaired) electrons. The van der Waals surface area contributed by atoms with E-state index in [0.717, 1.165) is 12.8 Å². The van der Waals surface area contributed by atoms with E-state index in [1.807, 2.05) is 0 Å². The fourth-order valence-electron chi connectivity index (χ4n) is 2.85. The molecule has 0 fully saturated rings. The summed E-state index contributed by atoms with van der Waals surface area (Å²) in [5.74, 6) is 0.521. The summed E-state index contributed by atoms with van der Waals surface area (Å²) in [5.41, 5.74) is 10.3. The van der Waals surface area contributed by atoms with Crippen molar-refractivity contribution < 1.29 is 0 Å². The van der Waals surface area contributed by atoms with Crippen LogP contribution in [0.2, 0.25) is 0 Å². The van der Waals surface area contributed by atoms with E-state index >= 15 is 0 Å². The van der Waals surface area contributed by atoms with E-state index in [1.165, 1.54) is 16.7 Å². The highest BCUT2D eigenvalue weighted by molar-refractivity contribution is 5.85. The van der Waals surface area contributed by atoms with Gasteiger partial charge in [-0.25, -0.2) is 0 Å². The lowest BCUT2D eigenvalue weighted by Crippen LogP contribution is -2.20. The SMILES string of the molecule is Cl.N[C@@H]1CC[C@@H](c2ccccc2)c2ccccc21. The quantitative estimate of drug-likeness (QED) is 0.822. The van der Waals surface area contributed by atoms with Crippen LogP contribution in [0.1, 0.15) is 41.5 Å². The van der Waals surface area contributed by atoms with Gasteiger partial charge in [-0.1, -0.05) is 54.6 Å². The van der Waals surface area contributed by atoms with E-state index in [-0.39, 0.29) is 18.4 Å². The highest BCUT2D eigenvalue weighted by Crippen LogP contribution is 2.39. The van der Waals surface area contributed by atoms with E-state index in [0.29, 0.717) is 5.92 Å². The molecule has 0 amide bonds. The fraction of sp³-hybridized carbons (Fsp3) is 0.250. The number of benzene rings is 2. The maximum Gasteiger partial charge on any atom is 0.0298 e. The number of nitrogens with two attached hydrogens (primary N) is 1. The Morgan fingerprint density at radius 3 is 2.11 bits per heavy atom. The van der Waals surface area contributed by atoms with Gasteiger partial charge in [0, 0.05) is 12.0 Å². The van der Waals surface area contributed by atoms with E-state index in [9.17, 15) is 0 Å². The summed E-state index contributed by atoms with van der Waals surface area (Å²) in [5, 5.41) is 0. The summed E-state index contributed by atoms with van der Waals surface area (Å²) < 4.78 is 0. The summed E-state index contributed by atoms with van der Waals surface area (Å²) in [6.45, 7) is 0.